The Morgan fingerprint density at radius 1 is 1.75 bits per heavy atom. The van der Waals surface area contributed by atoms with Crippen molar-refractivity contribution < 1.29 is 4.39 Å². The lowest BCUT2D eigenvalue weighted by Crippen LogP contribution is -1.83. The fourth-order valence-corrected chi connectivity index (χ4v) is 0.815. The van der Waals surface area contributed by atoms with E-state index in [9.17, 15) is 9.30 Å². The Balaban J connectivity index is 3.03. The van der Waals surface area contributed by atoms with Crippen LogP contribution in [0.25, 0.3) is 5.83 Å². The lowest BCUT2D eigenvalue weighted by molar-refractivity contribution is 0.756. The second-order valence-electron chi connectivity index (χ2n) is 2.27. The van der Waals surface area contributed by atoms with Gasteiger partial charge in [0.15, 0.2) is 5.83 Å². The van der Waals surface area contributed by atoms with Gasteiger partial charge in [-0.15, -0.1) is 4.91 Å². The molecule has 3 nitrogen and oxygen atoms in total. The zero-order valence-corrected chi connectivity index (χ0v) is 6.49. The molecule has 1 heterocycles. The molecule has 0 aliphatic heterocycles. The van der Waals surface area contributed by atoms with Gasteiger partial charge in [0.25, 0.3) is 0 Å². The van der Waals surface area contributed by atoms with Crippen LogP contribution in [0, 0.1) is 11.8 Å². The van der Waals surface area contributed by atoms with Crippen molar-refractivity contribution in [3.63, 3.8) is 0 Å². The number of aromatic nitrogens is 1. The Hall–Kier alpha value is -1.58. The molecule has 1 rings (SSSR count). The number of nitroso groups, excluding NO2 is 1. The van der Waals surface area contributed by atoms with E-state index < -0.39 is 5.83 Å². The fraction of sp³-hybridized carbons (Fsp3) is 0.125. The van der Waals surface area contributed by atoms with E-state index in [-0.39, 0.29) is 0 Å². The van der Waals surface area contributed by atoms with Crippen molar-refractivity contribution in [1.82, 2.24) is 4.98 Å². The summed E-state index contributed by atoms with van der Waals surface area (Å²) in [5.41, 5.74) is 1.02. The average molecular weight is 166 g/mol. The van der Waals surface area contributed by atoms with Gasteiger partial charge in [-0.05, 0) is 24.2 Å². The Labute approximate surface area is 68.9 Å². The summed E-state index contributed by atoms with van der Waals surface area (Å²) in [6.45, 7) is 1.74. The minimum absolute atomic E-state index is 0.321. The maximum atomic E-state index is 12.9. The monoisotopic (exact) mass is 166 g/mol. The minimum atomic E-state index is -0.643. The van der Waals surface area contributed by atoms with Crippen LogP contribution >= 0.6 is 0 Å². The molecule has 0 saturated carbocycles. The molecule has 0 bridgehead atoms. The maximum Gasteiger partial charge on any atom is 0.152 e. The highest BCUT2D eigenvalue weighted by Crippen LogP contribution is 2.15. The van der Waals surface area contributed by atoms with Crippen LogP contribution in [0.5, 0.6) is 0 Å². The second-order valence-corrected chi connectivity index (χ2v) is 2.27. The summed E-state index contributed by atoms with van der Waals surface area (Å²) in [5.74, 6) is -0.643. The number of nitrogens with zero attached hydrogens (tertiary/aromatic N) is 2. The van der Waals surface area contributed by atoms with Gasteiger partial charge in [-0.2, -0.15) is 0 Å². The summed E-state index contributed by atoms with van der Waals surface area (Å²) in [6, 6.07) is 3.01. The first-order chi connectivity index (χ1) is 5.74. The third kappa shape index (κ3) is 1.95. The predicted octanol–water partition coefficient (Wildman–Crippen LogP) is 2.42. The molecule has 0 saturated heterocycles. The highest BCUT2D eigenvalue weighted by Gasteiger charge is 1.99. The van der Waals surface area contributed by atoms with Gasteiger partial charge in [-0.3, -0.25) is 4.98 Å². The summed E-state index contributed by atoms with van der Waals surface area (Å²) in [6.07, 6.45) is 2.11. The molecule has 4 heteroatoms. The van der Waals surface area contributed by atoms with E-state index in [4.69, 9.17) is 0 Å². The van der Waals surface area contributed by atoms with E-state index in [0.717, 1.165) is 0 Å². The number of hydrogen-bond donors (Lipinski definition) is 0. The van der Waals surface area contributed by atoms with E-state index in [1.807, 2.05) is 0 Å². The van der Waals surface area contributed by atoms with Crippen LogP contribution in [0.2, 0.25) is 0 Å². The zero-order valence-electron chi connectivity index (χ0n) is 6.49. The summed E-state index contributed by atoms with van der Waals surface area (Å²) in [7, 11) is 0. The van der Waals surface area contributed by atoms with Gasteiger partial charge in [-0.1, -0.05) is 0 Å². The Bertz CT molecular complexity index is 323. The SMILES string of the molecule is Cc1cc(/C(F)=C/N=O)ccn1. The topological polar surface area (TPSA) is 42.3 Å². The molecule has 12 heavy (non-hydrogen) atoms. The molecule has 0 N–H and O–H groups in total. The third-order valence-corrected chi connectivity index (χ3v) is 1.34. The molecule has 0 aliphatic rings. The molecule has 0 amide bonds. The number of halogens is 1. The van der Waals surface area contributed by atoms with E-state index in [1.165, 1.54) is 18.3 Å². The molecular formula is C8H7FN2O. The van der Waals surface area contributed by atoms with Crippen LogP contribution in [0.3, 0.4) is 0 Å². The van der Waals surface area contributed by atoms with E-state index >= 15 is 0 Å². The zero-order chi connectivity index (χ0) is 8.97. The van der Waals surface area contributed by atoms with Gasteiger partial charge in [0, 0.05) is 17.5 Å². The smallest absolute Gasteiger partial charge is 0.152 e. The number of aryl methyl sites for hydroxylation is 1. The highest BCUT2D eigenvalue weighted by atomic mass is 19.1. The minimum Gasteiger partial charge on any atom is -0.262 e. The molecule has 0 spiro atoms. The van der Waals surface area contributed by atoms with Gasteiger partial charge in [0.2, 0.25) is 0 Å². The molecule has 1 aromatic rings. The van der Waals surface area contributed by atoms with Crippen LogP contribution in [-0.4, -0.2) is 4.98 Å². The van der Waals surface area contributed by atoms with E-state index in [0.29, 0.717) is 17.5 Å². The summed E-state index contributed by atoms with van der Waals surface area (Å²) >= 11 is 0. The lowest BCUT2D eigenvalue weighted by atomic mass is 10.2. The van der Waals surface area contributed by atoms with E-state index in [2.05, 4.69) is 10.2 Å². The molecule has 0 aromatic carbocycles. The van der Waals surface area contributed by atoms with Crippen molar-refractivity contribution in [2.24, 2.45) is 5.18 Å². The summed E-state index contributed by atoms with van der Waals surface area (Å²) < 4.78 is 12.9. The van der Waals surface area contributed by atoms with Crippen LogP contribution in [0.4, 0.5) is 4.39 Å². The number of rotatable bonds is 2. The Kier molecular flexibility index (Phi) is 2.63. The van der Waals surface area contributed by atoms with Crippen molar-refractivity contribution in [3.05, 3.63) is 40.7 Å². The van der Waals surface area contributed by atoms with Gasteiger partial charge < -0.3 is 0 Å². The van der Waals surface area contributed by atoms with Crippen LogP contribution < -0.4 is 0 Å². The predicted molar refractivity (Wildman–Crippen MR) is 43.9 cm³/mol. The summed E-state index contributed by atoms with van der Waals surface area (Å²) in [4.78, 5) is 13.6. The quantitative estimate of drug-likeness (QED) is 0.633. The molecule has 62 valence electrons. The first-order valence-electron chi connectivity index (χ1n) is 3.35. The fourth-order valence-electron chi connectivity index (χ4n) is 0.815. The van der Waals surface area contributed by atoms with Crippen molar-refractivity contribution >= 4 is 5.83 Å². The molecule has 1 aromatic heterocycles. The van der Waals surface area contributed by atoms with Gasteiger partial charge in [0.05, 0.1) is 0 Å². The lowest BCUT2D eigenvalue weighted by Gasteiger charge is -1.95. The van der Waals surface area contributed by atoms with Crippen molar-refractivity contribution in [2.75, 3.05) is 0 Å². The largest absolute Gasteiger partial charge is 0.262 e. The van der Waals surface area contributed by atoms with Crippen LogP contribution in [0.1, 0.15) is 11.3 Å². The van der Waals surface area contributed by atoms with Crippen molar-refractivity contribution in [1.29, 1.82) is 0 Å². The van der Waals surface area contributed by atoms with Crippen LogP contribution in [0.15, 0.2) is 29.7 Å². The van der Waals surface area contributed by atoms with Gasteiger partial charge in [-0.25, -0.2) is 4.39 Å². The molecular weight excluding hydrogens is 159 g/mol. The summed E-state index contributed by atoms with van der Waals surface area (Å²) in [5, 5.41) is 2.33. The number of hydrogen-bond acceptors (Lipinski definition) is 3. The van der Waals surface area contributed by atoms with Crippen LogP contribution in [-0.2, 0) is 0 Å². The average Bonchev–Trinajstić information content (AvgIpc) is 2.05. The molecule has 0 fully saturated rings. The molecule has 0 radical (unpaired) electrons. The second kappa shape index (κ2) is 3.71. The first kappa shape index (κ1) is 8.52. The standard InChI is InChI=1S/C8H7FN2O/c1-6-4-7(2-3-10-6)8(9)5-11-12/h2-5H,1H3/b8-5-. The van der Waals surface area contributed by atoms with Crippen molar-refractivity contribution in [2.45, 2.75) is 6.92 Å². The molecule has 0 atom stereocenters. The Morgan fingerprint density at radius 3 is 3.08 bits per heavy atom. The third-order valence-electron chi connectivity index (χ3n) is 1.34. The molecule has 0 unspecified atom stereocenters. The molecule has 0 aliphatic carbocycles. The van der Waals surface area contributed by atoms with Gasteiger partial charge >= 0.3 is 0 Å². The maximum absolute atomic E-state index is 12.9. The van der Waals surface area contributed by atoms with E-state index in [1.54, 1.807) is 6.92 Å². The number of pyridine rings is 1. The van der Waals surface area contributed by atoms with Crippen molar-refractivity contribution in [3.8, 4) is 0 Å². The first-order valence-corrected chi connectivity index (χ1v) is 3.35. The van der Waals surface area contributed by atoms with Gasteiger partial charge in [0.1, 0.15) is 6.20 Å². The normalized spacial score (nSPS) is 11.3. The Morgan fingerprint density at radius 2 is 2.50 bits per heavy atom. The highest BCUT2D eigenvalue weighted by molar-refractivity contribution is 5.58.